The van der Waals surface area contributed by atoms with Gasteiger partial charge in [-0.2, -0.15) is 20.4 Å². The second-order valence-electron chi connectivity index (χ2n) is 30.2. The molecule has 0 bridgehead atoms. The predicted octanol–water partition coefficient (Wildman–Crippen LogP) is 14.5. The summed E-state index contributed by atoms with van der Waals surface area (Å²) in [5, 5.41) is 51.5. The molecule has 6 fully saturated rings. The summed E-state index contributed by atoms with van der Waals surface area (Å²) < 4.78 is 21.9. The second kappa shape index (κ2) is 39.6. The SMILES string of the molecule is C[C@@H](Oc1cc(-c2cnn(C3CCNCC3)c2)cnc1N)c1c(Cl)ccc(F)c1Cl.Cc1cc(Nc2cc(N3CCN(C)CC3)nc(Sc3ccc(NC(=O)C4CC4)cc3)n2)n[nH]1.Cc1cc(Nc2cc(N3CCNCC3)nc(Sc3ccc(NC(=O)C4CC4)cc3)n2)n[nH]1.O=C(c1ccc(/C=C/c2n[nH]c3ccccc23)cc1)N1CCNCC1. The van der Waals surface area contributed by atoms with E-state index in [2.05, 4.69) is 99.6 Å². The Hall–Kier alpha value is -11.5. The third-order valence-electron chi connectivity index (χ3n) is 20.9. The topological polar surface area (TPSA) is 352 Å². The molecule has 11 heterocycles. The van der Waals surface area contributed by atoms with Gasteiger partial charge in [0.2, 0.25) is 11.8 Å². The Morgan fingerprint density at radius 3 is 1.72 bits per heavy atom. The maximum atomic E-state index is 13.9. The van der Waals surface area contributed by atoms with Crippen molar-refractivity contribution in [3.8, 4) is 16.9 Å². The van der Waals surface area contributed by atoms with Gasteiger partial charge in [0.15, 0.2) is 33.5 Å². The summed E-state index contributed by atoms with van der Waals surface area (Å²) in [6.07, 6.45) is 14.9. The van der Waals surface area contributed by atoms with Crippen LogP contribution in [-0.2, 0) is 9.59 Å². The molecule has 1 atom stereocenters. The van der Waals surface area contributed by atoms with Gasteiger partial charge in [0.25, 0.3) is 5.91 Å². The zero-order chi connectivity index (χ0) is 83.0. The van der Waals surface area contributed by atoms with Gasteiger partial charge in [-0.15, -0.1) is 0 Å². The lowest BCUT2D eigenvalue weighted by molar-refractivity contribution is -0.118. The Bertz CT molecular complexity index is 5520. The Morgan fingerprint density at radius 1 is 0.592 bits per heavy atom. The Morgan fingerprint density at radius 2 is 1.15 bits per heavy atom. The number of para-hydroxylation sites is 1. The molecule has 12 aromatic rings. The van der Waals surface area contributed by atoms with Crippen LogP contribution >= 0.6 is 46.7 Å². The van der Waals surface area contributed by atoms with Crippen LogP contribution in [0, 0.1) is 31.5 Å². The van der Waals surface area contributed by atoms with E-state index >= 15 is 0 Å². The number of nitrogens with zero attached hydrogens (tertiary/aromatic N) is 14. The molecule has 18 rings (SSSR count). The van der Waals surface area contributed by atoms with Crippen molar-refractivity contribution in [2.75, 3.05) is 135 Å². The minimum absolute atomic E-state index is 0.0686. The highest BCUT2D eigenvalue weighted by atomic mass is 35.5. The lowest BCUT2D eigenvalue weighted by atomic mass is 10.1. The predicted molar refractivity (Wildman–Crippen MR) is 473 cm³/mol. The van der Waals surface area contributed by atoms with Gasteiger partial charge in [-0.3, -0.25) is 34.4 Å². The number of carbonyl (C=O) groups is 3. The van der Waals surface area contributed by atoms with Gasteiger partial charge in [0, 0.05) is 192 Å². The smallest absolute Gasteiger partial charge is 0.253 e. The number of rotatable bonds is 22. The van der Waals surface area contributed by atoms with Crippen LogP contribution in [0.25, 0.3) is 34.2 Å². The second-order valence-corrected chi connectivity index (χ2v) is 33.1. The van der Waals surface area contributed by atoms with Crippen molar-refractivity contribution in [3.63, 3.8) is 0 Å². The normalized spacial score (nSPS) is 16.0. The highest BCUT2D eigenvalue weighted by Crippen LogP contribution is 2.40. The largest absolute Gasteiger partial charge is 0.482 e. The van der Waals surface area contributed by atoms with Crippen molar-refractivity contribution in [3.05, 3.63) is 208 Å². The van der Waals surface area contributed by atoms with Crippen LogP contribution in [0.15, 0.2) is 178 Å². The number of amides is 3. The van der Waals surface area contributed by atoms with E-state index in [0.29, 0.717) is 44.3 Å². The summed E-state index contributed by atoms with van der Waals surface area (Å²) in [5.41, 5.74) is 15.4. The molecule has 6 aliphatic rings. The highest BCUT2D eigenvalue weighted by molar-refractivity contribution is 7.99. The fraction of sp³-hybridized carbons (Fsp3) is 0.326. The Labute approximate surface area is 713 Å². The molecule has 622 valence electrons. The van der Waals surface area contributed by atoms with E-state index in [1.807, 2.05) is 169 Å². The molecule has 34 heteroatoms. The van der Waals surface area contributed by atoms with E-state index in [1.54, 1.807) is 19.2 Å². The van der Waals surface area contributed by atoms with Gasteiger partial charge < -0.3 is 67.3 Å². The molecular formula is C86H96Cl2FN25O4S2. The number of nitrogens with one attached hydrogen (secondary N) is 10. The molecule has 4 saturated heterocycles. The number of ether oxygens (including phenoxy) is 1. The molecule has 0 radical (unpaired) electrons. The molecule has 3 amide bonds. The summed E-state index contributed by atoms with van der Waals surface area (Å²) in [6.45, 7) is 18.4. The molecule has 0 spiro atoms. The molecule has 2 aliphatic carbocycles. The first-order valence-corrected chi connectivity index (χ1v) is 42.7. The third kappa shape index (κ3) is 22.7. The number of fused-ring (bicyclic) bond motifs is 1. The van der Waals surface area contributed by atoms with Crippen molar-refractivity contribution in [1.29, 1.82) is 0 Å². The molecule has 5 aromatic carbocycles. The van der Waals surface area contributed by atoms with E-state index in [1.165, 1.54) is 35.7 Å². The molecule has 4 aliphatic heterocycles. The summed E-state index contributed by atoms with van der Waals surface area (Å²) in [6, 6.07) is 44.1. The fourth-order valence-corrected chi connectivity index (χ4v) is 16.0. The van der Waals surface area contributed by atoms with Crippen molar-refractivity contribution in [2.24, 2.45) is 11.8 Å². The number of H-pyrrole nitrogens is 3. The number of pyridine rings is 1. The molecule has 29 nitrogen and oxygen atoms in total. The quantitative estimate of drug-likeness (QED) is 0.0222. The lowest BCUT2D eigenvalue weighted by Gasteiger charge is -2.33. The van der Waals surface area contributed by atoms with Crippen LogP contribution in [0.4, 0.5) is 56.5 Å². The molecule has 2 saturated carbocycles. The number of benzene rings is 5. The molecule has 0 unspecified atom stereocenters. The van der Waals surface area contributed by atoms with Crippen molar-refractivity contribution < 1.29 is 23.5 Å². The van der Waals surface area contributed by atoms with Crippen LogP contribution in [-0.4, -0.2) is 191 Å². The summed E-state index contributed by atoms with van der Waals surface area (Å²) >= 11 is 15.3. The van der Waals surface area contributed by atoms with E-state index in [9.17, 15) is 18.8 Å². The third-order valence-corrected chi connectivity index (χ3v) is 23.4. The highest BCUT2D eigenvalue weighted by Gasteiger charge is 2.31. The maximum absolute atomic E-state index is 13.9. The van der Waals surface area contributed by atoms with Crippen LogP contribution in [0.2, 0.25) is 10.0 Å². The first-order valence-electron chi connectivity index (χ1n) is 40.3. The Kier molecular flexibility index (Phi) is 27.6. The van der Waals surface area contributed by atoms with Gasteiger partial charge >= 0.3 is 0 Å². The number of nitrogens with two attached hydrogens (primary N) is 1. The van der Waals surface area contributed by atoms with Crippen molar-refractivity contribution >= 4 is 140 Å². The summed E-state index contributed by atoms with van der Waals surface area (Å²) in [7, 11) is 2.14. The monoisotopic (exact) mass is 1700 g/mol. The zero-order valence-electron chi connectivity index (χ0n) is 67.0. The fourth-order valence-electron chi connectivity index (χ4n) is 13.8. The van der Waals surface area contributed by atoms with Gasteiger partial charge in [-0.05, 0) is 200 Å². The zero-order valence-corrected chi connectivity index (χ0v) is 70.2. The van der Waals surface area contributed by atoms with Crippen LogP contribution < -0.4 is 57.5 Å². The number of aryl methyl sites for hydroxylation is 2. The van der Waals surface area contributed by atoms with Crippen LogP contribution in [0.1, 0.15) is 96.2 Å². The number of piperidine rings is 1. The first kappa shape index (κ1) is 83.6. The molecular weight excluding hydrogens is 1600 g/mol. The van der Waals surface area contributed by atoms with Crippen molar-refractivity contribution in [1.82, 2.24) is 91.0 Å². The van der Waals surface area contributed by atoms with Crippen molar-refractivity contribution in [2.45, 2.75) is 91.5 Å². The number of hydrogen-bond acceptors (Lipinski definition) is 24. The van der Waals surface area contributed by atoms with Gasteiger partial charge in [-0.1, -0.05) is 59.6 Å². The lowest BCUT2D eigenvalue weighted by Crippen LogP contribution is -2.46. The maximum Gasteiger partial charge on any atom is 0.253 e. The Balaban J connectivity index is 0.000000125. The number of aromatic amines is 3. The molecule has 12 N–H and O–H groups in total. The van der Waals surface area contributed by atoms with E-state index in [0.717, 1.165) is 225 Å². The molecule has 7 aromatic heterocycles. The number of anilines is 9. The first-order chi connectivity index (χ1) is 58.4. The average Bonchev–Trinajstić information content (AvgIpc) is 1.49. The minimum atomic E-state index is -0.627. The minimum Gasteiger partial charge on any atom is -0.482 e. The number of hydrogen-bond donors (Lipinski definition) is 11. The number of nitrogen functional groups attached to an aromatic ring is 1. The number of carbonyl (C=O) groups excluding carboxylic acids is 3. The van der Waals surface area contributed by atoms with Gasteiger partial charge in [-0.25, -0.2) is 29.3 Å². The summed E-state index contributed by atoms with van der Waals surface area (Å²) in [5.74, 6) is 5.40. The van der Waals surface area contributed by atoms with Crippen LogP contribution in [0.3, 0.4) is 0 Å². The van der Waals surface area contributed by atoms with E-state index in [4.69, 9.17) is 53.6 Å². The number of halogens is 3. The number of aromatic nitrogens is 13. The molecule has 120 heavy (non-hydrogen) atoms. The summed E-state index contributed by atoms with van der Waals surface area (Å²) in [4.78, 5) is 70.6. The number of likely N-dealkylation sites (N-methyl/N-ethyl adjacent to an activating group) is 1. The van der Waals surface area contributed by atoms with Gasteiger partial charge in [0.1, 0.15) is 35.2 Å². The average molecular weight is 1700 g/mol. The van der Waals surface area contributed by atoms with E-state index in [-0.39, 0.29) is 40.4 Å². The van der Waals surface area contributed by atoms with E-state index < -0.39 is 11.9 Å². The van der Waals surface area contributed by atoms with Gasteiger partial charge in [0.05, 0.1) is 28.5 Å². The standard InChI is InChI=1S/C23H28N8OS.C22H26N8OS.C21H22Cl2FN5O.C20H20N4O/c1-15-13-20(29-28-15)25-19-14-21(31-11-9-30(2)10-12-31)27-23(26-19)33-18-7-5-17(6-8-18)24-22(32)16-3-4-16;1-14-12-19(29-28-14)25-18-13-20(30-10-8-23-9-11-30)27-22(26-18)32-17-6-4-16(5-7-17)24-21(31)15-2-3-15;1-12(19-16(22)2-3-17(24)20(19)23)30-18-8-13(9-27-21(18)25)14-10-28-29(11-14)15-4-6-26-7-5-15;25-20(24-13-11-21-12-14-24)16-8-5-15(6-9-16)7-10-19-17-3-1-2-4-18(17)22-23-19/h5-8,13-14,16H,3-4,9-12H2,1-2H3,(H,24,32)(H2,25,26,27,28,29);4-7,12-13,15,23H,2-3,8-11H2,1H3,(H,24,31)(H2,25,26,27,28,29);2-3,8-12,15,26H,4-7H2,1H3,(H2,25,27);1-10,21H,11-14H2,(H,22,23)/b;;;10-7+/t;;12-;/m..1./s1. The van der Waals surface area contributed by atoms with Crippen LogP contribution in [0.5, 0.6) is 5.75 Å². The number of piperazine rings is 3.